The molecule has 0 radical (unpaired) electrons. The van der Waals surface area contributed by atoms with Crippen LogP contribution in [0.15, 0.2) is 9.95 Å². The second kappa shape index (κ2) is 10.4. The molecule has 0 aliphatic carbocycles. The van der Waals surface area contributed by atoms with Crippen molar-refractivity contribution in [2.24, 2.45) is 0 Å². The van der Waals surface area contributed by atoms with Crippen molar-refractivity contribution in [3.8, 4) is 0 Å². The Morgan fingerprint density at radius 2 is 1.79 bits per heavy atom. The molecule has 2 aromatic heterocycles. The molecule has 0 atom stereocenters. The lowest BCUT2D eigenvalue weighted by Gasteiger charge is -2.16. The minimum Gasteiger partial charge on any atom is -0.354 e. The van der Waals surface area contributed by atoms with Gasteiger partial charge in [-0.3, -0.25) is 4.79 Å². The third kappa shape index (κ3) is 7.12. The highest BCUT2D eigenvalue weighted by atomic mass is 35.5. The van der Waals surface area contributed by atoms with Crippen LogP contribution in [-0.4, -0.2) is 48.7 Å². The monoisotopic (exact) mass is 429 g/mol. The number of rotatable bonds is 5. The van der Waals surface area contributed by atoms with Crippen LogP contribution in [0.5, 0.6) is 0 Å². The zero-order chi connectivity index (χ0) is 21.5. The van der Waals surface area contributed by atoms with Crippen LogP contribution < -0.4 is 22.0 Å². The number of nitrogens with two attached hydrogens (primary N) is 1. The summed E-state index contributed by atoms with van der Waals surface area (Å²) in [6.45, 7) is 12.4. The van der Waals surface area contributed by atoms with Crippen LogP contribution in [0, 0.1) is 0 Å². The van der Waals surface area contributed by atoms with Crippen molar-refractivity contribution in [1.82, 2.24) is 29.8 Å². The van der Waals surface area contributed by atoms with Gasteiger partial charge in [-0.25, -0.2) is 0 Å². The largest absolute Gasteiger partial charge is 0.354 e. The molecule has 2 rings (SSSR count). The molecular weight excluding hydrogens is 402 g/mol. The van der Waals surface area contributed by atoms with Crippen molar-refractivity contribution in [2.45, 2.75) is 58.2 Å². The lowest BCUT2D eigenvalue weighted by atomic mass is 9.93. The molecule has 0 aliphatic heterocycles. The Balaban J connectivity index is 0.000000280. The molecular formula is C16H28ClN9OS. The van der Waals surface area contributed by atoms with E-state index in [4.69, 9.17) is 17.4 Å². The molecule has 0 amide bonds. The van der Waals surface area contributed by atoms with Crippen molar-refractivity contribution in [3.05, 3.63) is 21.3 Å². The van der Waals surface area contributed by atoms with Gasteiger partial charge < -0.3 is 16.5 Å². The fourth-order valence-corrected chi connectivity index (χ4v) is 2.47. The van der Waals surface area contributed by atoms with Crippen LogP contribution in [0.1, 0.15) is 47.2 Å². The first kappa shape index (κ1) is 23.9. The van der Waals surface area contributed by atoms with Gasteiger partial charge in [0, 0.05) is 18.0 Å². The summed E-state index contributed by atoms with van der Waals surface area (Å²) in [6.07, 6.45) is 1.80. The van der Waals surface area contributed by atoms with Crippen LogP contribution in [0.3, 0.4) is 0 Å². The zero-order valence-electron chi connectivity index (χ0n) is 17.2. The molecule has 0 unspecified atom stereocenters. The van der Waals surface area contributed by atoms with E-state index in [2.05, 4.69) is 35.8 Å². The summed E-state index contributed by atoms with van der Waals surface area (Å²) in [7, 11) is 0. The third-order valence-electron chi connectivity index (χ3n) is 3.12. The first-order chi connectivity index (χ1) is 13.0. The number of hydrogen-bond donors (Lipinski definition) is 3. The Morgan fingerprint density at radius 1 is 1.18 bits per heavy atom. The van der Waals surface area contributed by atoms with Crippen LogP contribution in [0.2, 0.25) is 5.28 Å². The molecule has 156 valence electrons. The highest BCUT2D eigenvalue weighted by molar-refractivity contribution is 7.98. The van der Waals surface area contributed by atoms with Gasteiger partial charge in [0.25, 0.3) is 5.56 Å². The number of nitrogen functional groups attached to an aromatic ring is 1. The molecule has 0 spiro atoms. The molecule has 0 saturated carbocycles. The Hall–Kier alpha value is -2.14. The molecule has 4 N–H and O–H groups in total. The Bertz CT molecular complexity index is 836. The number of aromatic nitrogens is 6. The normalized spacial score (nSPS) is 11.0. The van der Waals surface area contributed by atoms with E-state index in [0.29, 0.717) is 22.7 Å². The van der Waals surface area contributed by atoms with Gasteiger partial charge in [-0.1, -0.05) is 32.5 Å². The summed E-state index contributed by atoms with van der Waals surface area (Å²) in [5.41, 5.74) is -0.225. The highest BCUT2D eigenvalue weighted by Crippen LogP contribution is 2.16. The van der Waals surface area contributed by atoms with E-state index in [-0.39, 0.29) is 22.3 Å². The smallest absolute Gasteiger partial charge is 0.295 e. The van der Waals surface area contributed by atoms with Crippen LogP contribution in [0.25, 0.3) is 0 Å². The van der Waals surface area contributed by atoms with E-state index in [0.717, 1.165) is 11.2 Å². The summed E-state index contributed by atoms with van der Waals surface area (Å²) in [4.78, 5) is 23.7. The maximum atomic E-state index is 11.7. The quantitative estimate of drug-likeness (QED) is 0.478. The van der Waals surface area contributed by atoms with Gasteiger partial charge in [-0.15, -0.1) is 10.2 Å². The van der Waals surface area contributed by atoms with E-state index in [1.54, 1.807) is 6.26 Å². The van der Waals surface area contributed by atoms with Crippen LogP contribution >= 0.6 is 23.4 Å². The molecule has 0 bridgehead atoms. The molecule has 12 heteroatoms. The molecule has 28 heavy (non-hydrogen) atoms. The third-order valence-corrected chi connectivity index (χ3v) is 3.93. The Morgan fingerprint density at radius 3 is 2.29 bits per heavy atom. The highest BCUT2D eigenvalue weighted by Gasteiger charge is 2.22. The molecule has 0 saturated heterocycles. The lowest BCUT2D eigenvalue weighted by Crippen LogP contribution is -2.37. The van der Waals surface area contributed by atoms with Crippen molar-refractivity contribution < 1.29 is 0 Å². The standard InChI is InChI=1S/C8H14ClN5.C8H14N4OS/c1-4-10-7-12-6(9)13-8(14-7)11-5(2)3;1-8(2,3)5-6(13)12(9)7(14-4)11-10-5/h5H,4H2,1-3H3,(H2,10,11,12,13,14);9H2,1-4H3. The summed E-state index contributed by atoms with van der Waals surface area (Å²) in [6, 6.07) is 0.267. The van der Waals surface area contributed by atoms with Gasteiger partial charge in [0.05, 0.1) is 0 Å². The fraction of sp³-hybridized carbons (Fsp3) is 0.625. The average Bonchev–Trinajstić information content (AvgIpc) is 2.56. The summed E-state index contributed by atoms with van der Waals surface area (Å²) in [5, 5.41) is 14.4. The second-order valence-electron chi connectivity index (χ2n) is 7.04. The first-order valence-corrected chi connectivity index (χ1v) is 10.3. The van der Waals surface area contributed by atoms with E-state index in [1.807, 2.05) is 41.5 Å². The predicted molar refractivity (Wildman–Crippen MR) is 115 cm³/mol. The van der Waals surface area contributed by atoms with E-state index in [9.17, 15) is 4.79 Å². The molecule has 2 aromatic rings. The molecule has 0 aliphatic rings. The van der Waals surface area contributed by atoms with Crippen molar-refractivity contribution in [3.63, 3.8) is 0 Å². The Kier molecular flexibility index (Phi) is 8.89. The topological polar surface area (TPSA) is 137 Å². The van der Waals surface area contributed by atoms with Crippen LogP contribution in [-0.2, 0) is 5.41 Å². The molecule has 0 aromatic carbocycles. The number of halogens is 1. The van der Waals surface area contributed by atoms with Crippen LogP contribution in [0.4, 0.5) is 11.9 Å². The van der Waals surface area contributed by atoms with Crippen molar-refractivity contribution in [1.29, 1.82) is 0 Å². The van der Waals surface area contributed by atoms with Gasteiger partial charge in [0.1, 0.15) is 5.69 Å². The Labute approximate surface area is 174 Å². The lowest BCUT2D eigenvalue weighted by molar-refractivity contribution is 0.520. The van der Waals surface area contributed by atoms with Gasteiger partial charge >= 0.3 is 0 Å². The number of nitrogens with one attached hydrogen (secondary N) is 2. The van der Waals surface area contributed by atoms with Gasteiger partial charge in [0.15, 0.2) is 0 Å². The van der Waals surface area contributed by atoms with Gasteiger partial charge in [-0.2, -0.15) is 19.6 Å². The maximum absolute atomic E-state index is 11.7. The van der Waals surface area contributed by atoms with E-state index < -0.39 is 0 Å². The van der Waals surface area contributed by atoms with E-state index in [1.165, 1.54) is 11.8 Å². The summed E-state index contributed by atoms with van der Waals surface area (Å²) in [5.74, 6) is 6.56. The maximum Gasteiger partial charge on any atom is 0.295 e. The number of anilines is 2. The SMILES string of the molecule is CCNc1nc(Cl)nc(NC(C)C)n1.CSc1nnc(C(C)(C)C)c(=O)n1N. The fourth-order valence-electron chi connectivity index (χ4n) is 1.90. The zero-order valence-corrected chi connectivity index (χ0v) is 18.8. The van der Waals surface area contributed by atoms with Gasteiger partial charge in [-0.05, 0) is 38.6 Å². The average molecular weight is 430 g/mol. The van der Waals surface area contributed by atoms with Crippen molar-refractivity contribution >= 4 is 35.3 Å². The predicted octanol–water partition coefficient (Wildman–Crippen LogP) is 2.15. The van der Waals surface area contributed by atoms with Gasteiger partial charge in [0.2, 0.25) is 22.3 Å². The summed E-state index contributed by atoms with van der Waals surface area (Å²) >= 11 is 7.02. The molecule has 0 fully saturated rings. The minimum atomic E-state index is -0.331. The number of nitrogens with zero attached hydrogens (tertiary/aromatic N) is 6. The number of thioether (sulfide) groups is 1. The molecule has 10 nitrogen and oxygen atoms in total. The number of hydrogen-bond acceptors (Lipinski definition) is 10. The van der Waals surface area contributed by atoms with E-state index >= 15 is 0 Å². The first-order valence-electron chi connectivity index (χ1n) is 8.70. The second-order valence-corrected chi connectivity index (χ2v) is 8.15. The minimum absolute atomic E-state index is 0.194. The molecule has 2 heterocycles. The van der Waals surface area contributed by atoms with Crippen molar-refractivity contribution in [2.75, 3.05) is 29.3 Å². The summed E-state index contributed by atoms with van der Waals surface area (Å²) < 4.78 is 1.04.